The van der Waals surface area contributed by atoms with E-state index in [0.717, 1.165) is 12.1 Å². The van der Waals surface area contributed by atoms with E-state index in [1.165, 1.54) is 7.11 Å². The fraction of sp³-hybridized carbons (Fsp3) is 0.333. The van der Waals surface area contributed by atoms with Gasteiger partial charge in [0.15, 0.2) is 11.5 Å². The van der Waals surface area contributed by atoms with Crippen LogP contribution in [0.4, 0.5) is 13.2 Å². The summed E-state index contributed by atoms with van der Waals surface area (Å²) in [4.78, 5) is 0. The van der Waals surface area contributed by atoms with E-state index < -0.39 is 12.2 Å². The number of nitrogens with two attached hydrogens (primary N) is 1. The van der Waals surface area contributed by atoms with Crippen LogP contribution in [0.5, 0.6) is 11.5 Å². The first kappa shape index (κ1) is 16.3. The molecule has 1 rings (SSSR count). The minimum atomic E-state index is -4.54. The highest BCUT2D eigenvalue weighted by molar-refractivity contribution is 9.10. The molecule has 0 radical (unpaired) electrons. The molecule has 0 unspecified atom stereocenters. The van der Waals surface area contributed by atoms with Gasteiger partial charge in [-0.05, 0) is 33.6 Å². The first-order chi connectivity index (χ1) is 7.27. The number of hydrogen-bond acceptors (Lipinski definition) is 3. The van der Waals surface area contributed by atoms with Crippen LogP contribution in [-0.2, 0) is 0 Å². The highest BCUT2D eigenvalue weighted by Gasteiger charge is 2.38. The first-order valence-corrected chi connectivity index (χ1v) is 4.95. The van der Waals surface area contributed by atoms with E-state index in [-0.39, 0.29) is 33.9 Å². The number of hydrogen-bond donors (Lipinski definition) is 2. The first-order valence-electron chi connectivity index (χ1n) is 4.16. The fourth-order valence-electron chi connectivity index (χ4n) is 1.12. The van der Waals surface area contributed by atoms with E-state index in [0.29, 0.717) is 0 Å². The molecule has 1 atom stereocenters. The highest BCUT2D eigenvalue weighted by atomic mass is 79.9. The van der Waals surface area contributed by atoms with Crippen molar-refractivity contribution in [1.82, 2.24) is 0 Å². The predicted octanol–water partition coefficient (Wildman–Crippen LogP) is 3.15. The molecule has 0 fully saturated rings. The van der Waals surface area contributed by atoms with Crippen LogP contribution in [0.25, 0.3) is 0 Å². The van der Waals surface area contributed by atoms with Gasteiger partial charge in [0.2, 0.25) is 0 Å². The van der Waals surface area contributed by atoms with Gasteiger partial charge in [-0.1, -0.05) is 0 Å². The molecule has 0 saturated carbocycles. The van der Waals surface area contributed by atoms with Gasteiger partial charge in [-0.2, -0.15) is 13.2 Å². The van der Waals surface area contributed by atoms with Gasteiger partial charge in [0.25, 0.3) is 0 Å². The Morgan fingerprint density at radius 1 is 1.41 bits per heavy atom. The van der Waals surface area contributed by atoms with Gasteiger partial charge in [0.1, 0.15) is 6.04 Å². The van der Waals surface area contributed by atoms with Crippen LogP contribution in [0.3, 0.4) is 0 Å². The average molecular weight is 337 g/mol. The van der Waals surface area contributed by atoms with Gasteiger partial charge in [-0.3, -0.25) is 0 Å². The number of phenolic OH excluding ortho intramolecular Hbond substituents is 1. The summed E-state index contributed by atoms with van der Waals surface area (Å²) < 4.78 is 41.9. The fourth-order valence-corrected chi connectivity index (χ4v) is 1.58. The number of rotatable bonds is 2. The van der Waals surface area contributed by atoms with Crippen molar-refractivity contribution in [3.63, 3.8) is 0 Å². The molecule has 1 aromatic rings. The van der Waals surface area contributed by atoms with Crippen molar-refractivity contribution < 1.29 is 23.0 Å². The van der Waals surface area contributed by atoms with Crippen molar-refractivity contribution in [2.24, 2.45) is 5.73 Å². The molecule has 17 heavy (non-hydrogen) atoms. The standard InChI is InChI=1S/C9H9BrF3NO2.ClH/c1-16-6-3-4(2-5(10)7(6)15)8(14)9(11,12)13;/h2-3,8,15H,14H2,1H3;1H/t8-;/m1./s1. The summed E-state index contributed by atoms with van der Waals surface area (Å²) in [5, 5.41) is 9.41. The zero-order valence-corrected chi connectivity index (χ0v) is 11.0. The number of halogens is 5. The molecule has 1 aromatic carbocycles. The summed E-state index contributed by atoms with van der Waals surface area (Å²) in [5.74, 6) is -0.329. The Bertz CT molecular complexity index is 401. The van der Waals surface area contributed by atoms with Crippen LogP contribution in [0.2, 0.25) is 0 Å². The van der Waals surface area contributed by atoms with Gasteiger partial charge in [-0.15, -0.1) is 12.4 Å². The number of methoxy groups -OCH3 is 1. The van der Waals surface area contributed by atoms with Crippen molar-refractivity contribution >= 4 is 28.3 Å². The van der Waals surface area contributed by atoms with Crippen molar-refractivity contribution in [2.45, 2.75) is 12.2 Å². The van der Waals surface area contributed by atoms with Crippen molar-refractivity contribution in [3.8, 4) is 11.5 Å². The normalized spacial score (nSPS) is 12.8. The lowest BCUT2D eigenvalue weighted by molar-refractivity contribution is -0.149. The summed E-state index contributed by atoms with van der Waals surface area (Å²) in [6, 6.07) is 0.0483. The second-order valence-electron chi connectivity index (χ2n) is 3.07. The Balaban J connectivity index is 0.00000256. The maximum atomic E-state index is 12.4. The molecule has 8 heteroatoms. The number of alkyl halides is 3. The van der Waals surface area contributed by atoms with Crippen LogP contribution in [0.1, 0.15) is 11.6 Å². The lowest BCUT2D eigenvalue weighted by Gasteiger charge is -2.17. The SMILES string of the molecule is COc1cc([C@@H](N)C(F)(F)F)cc(Br)c1O.Cl. The largest absolute Gasteiger partial charge is 0.503 e. The maximum Gasteiger partial charge on any atom is 0.407 e. The van der Waals surface area contributed by atoms with Gasteiger partial charge in [0.05, 0.1) is 11.6 Å². The molecule has 0 amide bonds. The smallest absolute Gasteiger partial charge is 0.407 e. The van der Waals surface area contributed by atoms with E-state index in [1.54, 1.807) is 0 Å². The van der Waals surface area contributed by atoms with Crippen molar-refractivity contribution in [1.29, 1.82) is 0 Å². The Morgan fingerprint density at radius 2 is 1.94 bits per heavy atom. The van der Waals surface area contributed by atoms with Gasteiger partial charge in [-0.25, -0.2) is 0 Å². The summed E-state index contributed by atoms with van der Waals surface area (Å²) in [5.41, 5.74) is 4.85. The molecule has 0 aliphatic carbocycles. The molecule has 0 aliphatic heterocycles. The summed E-state index contributed by atoms with van der Waals surface area (Å²) in [6.07, 6.45) is -4.54. The summed E-state index contributed by atoms with van der Waals surface area (Å²) >= 11 is 2.92. The van der Waals surface area contributed by atoms with Crippen molar-refractivity contribution in [2.75, 3.05) is 7.11 Å². The second kappa shape index (κ2) is 5.79. The van der Waals surface area contributed by atoms with Crippen LogP contribution < -0.4 is 10.5 Å². The number of aromatic hydroxyl groups is 1. The number of ether oxygens (including phenoxy) is 1. The molecule has 3 N–H and O–H groups in total. The van der Waals surface area contributed by atoms with E-state index >= 15 is 0 Å². The maximum absolute atomic E-state index is 12.4. The van der Waals surface area contributed by atoms with Gasteiger partial charge < -0.3 is 15.6 Å². The van der Waals surface area contributed by atoms with Crippen LogP contribution in [-0.4, -0.2) is 18.4 Å². The molecule has 0 aromatic heterocycles. The summed E-state index contributed by atoms with van der Waals surface area (Å²) in [6.45, 7) is 0. The third-order valence-corrected chi connectivity index (χ3v) is 2.59. The number of phenols is 1. The Morgan fingerprint density at radius 3 is 2.35 bits per heavy atom. The third-order valence-electron chi connectivity index (χ3n) is 1.98. The van der Waals surface area contributed by atoms with E-state index in [4.69, 9.17) is 10.5 Å². The quantitative estimate of drug-likeness (QED) is 0.872. The topological polar surface area (TPSA) is 55.5 Å². The Hall–Kier alpha value is -0.660. The third kappa shape index (κ3) is 3.65. The minimum absolute atomic E-state index is 0. The molecule has 0 spiro atoms. The molecule has 0 heterocycles. The molecule has 3 nitrogen and oxygen atoms in total. The molecule has 0 saturated heterocycles. The van der Waals surface area contributed by atoms with Crippen molar-refractivity contribution in [3.05, 3.63) is 22.2 Å². The zero-order valence-electron chi connectivity index (χ0n) is 8.58. The van der Waals surface area contributed by atoms with Crippen LogP contribution in [0, 0.1) is 0 Å². The van der Waals surface area contributed by atoms with Crippen LogP contribution in [0.15, 0.2) is 16.6 Å². The molecule has 98 valence electrons. The molecular weight excluding hydrogens is 326 g/mol. The lowest BCUT2D eigenvalue weighted by Crippen LogP contribution is -2.28. The molecular formula is C9H10BrClF3NO2. The lowest BCUT2D eigenvalue weighted by atomic mass is 10.1. The van der Waals surface area contributed by atoms with Gasteiger partial charge in [0, 0.05) is 0 Å². The average Bonchev–Trinajstić information content (AvgIpc) is 2.19. The predicted molar refractivity (Wildman–Crippen MR) is 62.6 cm³/mol. The minimum Gasteiger partial charge on any atom is -0.503 e. The second-order valence-corrected chi connectivity index (χ2v) is 3.93. The Labute approximate surface area is 110 Å². The van der Waals surface area contributed by atoms with E-state index in [2.05, 4.69) is 15.9 Å². The van der Waals surface area contributed by atoms with E-state index in [9.17, 15) is 18.3 Å². The Kier molecular flexibility index (Phi) is 5.57. The van der Waals surface area contributed by atoms with Crippen LogP contribution >= 0.6 is 28.3 Å². The zero-order chi connectivity index (χ0) is 12.5. The van der Waals surface area contributed by atoms with Gasteiger partial charge >= 0.3 is 6.18 Å². The number of benzene rings is 1. The molecule has 0 bridgehead atoms. The summed E-state index contributed by atoms with van der Waals surface area (Å²) in [7, 11) is 1.24. The highest BCUT2D eigenvalue weighted by Crippen LogP contribution is 2.39. The monoisotopic (exact) mass is 335 g/mol. The molecule has 0 aliphatic rings. The van der Waals surface area contributed by atoms with E-state index in [1.807, 2.05) is 0 Å².